The van der Waals surface area contributed by atoms with Crippen molar-refractivity contribution in [2.45, 2.75) is 19.5 Å². The molecule has 0 spiro atoms. The Hall–Kier alpha value is -2.12. The van der Waals surface area contributed by atoms with E-state index >= 15 is 0 Å². The summed E-state index contributed by atoms with van der Waals surface area (Å²) in [6.07, 6.45) is 2.05. The molecule has 1 N–H and O–H groups in total. The molecule has 0 saturated heterocycles. The van der Waals surface area contributed by atoms with Gasteiger partial charge in [0.1, 0.15) is 0 Å². The Balaban J connectivity index is 1.80. The van der Waals surface area contributed by atoms with Gasteiger partial charge in [-0.15, -0.1) is 0 Å². The number of aromatic nitrogens is 1. The van der Waals surface area contributed by atoms with Gasteiger partial charge >= 0.3 is 0 Å². The van der Waals surface area contributed by atoms with E-state index in [1.54, 1.807) is 0 Å². The van der Waals surface area contributed by atoms with Crippen LogP contribution >= 0.6 is 23.8 Å². The van der Waals surface area contributed by atoms with Crippen molar-refractivity contribution in [3.05, 3.63) is 57.4 Å². The van der Waals surface area contributed by atoms with Gasteiger partial charge in [0.2, 0.25) is 0 Å². The SMILES string of the molecule is C[C@H]1c2cccn2CCN1C(=S)Nc1cc([N+](=O)[O-])ccc1Cl. The Morgan fingerprint density at radius 1 is 1.43 bits per heavy atom. The number of halogens is 1. The van der Waals surface area contributed by atoms with E-state index in [-0.39, 0.29) is 11.7 Å². The molecule has 0 aliphatic carbocycles. The summed E-state index contributed by atoms with van der Waals surface area (Å²) in [5, 5.41) is 14.8. The van der Waals surface area contributed by atoms with Crippen LogP contribution < -0.4 is 5.32 Å². The van der Waals surface area contributed by atoms with Crippen molar-refractivity contribution in [1.82, 2.24) is 9.47 Å². The van der Waals surface area contributed by atoms with Crippen LogP contribution in [-0.2, 0) is 6.54 Å². The van der Waals surface area contributed by atoms with Crippen molar-refractivity contribution in [2.24, 2.45) is 0 Å². The lowest BCUT2D eigenvalue weighted by molar-refractivity contribution is -0.384. The highest BCUT2D eigenvalue weighted by atomic mass is 35.5. The highest BCUT2D eigenvalue weighted by Gasteiger charge is 2.25. The van der Waals surface area contributed by atoms with E-state index in [1.165, 1.54) is 23.9 Å². The monoisotopic (exact) mass is 350 g/mol. The molecule has 2 aromatic rings. The number of thiocarbonyl (C=S) groups is 1. The van der Waals surface area contributed by atoms with Crippen LogP contribution in [0.5, 0.6) is 0 Å². The summed E-state index contributed by atoms with van der Waals surface area (Å²) in [4.78, 5) is 12.5. The van der Waals surface area contributed by atoms with Crippen LogP contribution in [0, 0.1) is 10.1 Å². The Kier molecular flexibility index (Phi) is 4.23. The molecule has 6 nitrogen and oxygen atoms in total. The number of anilines is 1. The fourth-order valence-corrected chi connectivity index (χ4v) is 3.29. The van der Waals surface area contributed by atoms with Crippen molar-refractivity contribution in [3.8, 4) is 0 Å². The summed E-state index contributed by atoms with van der Waals surface area (Å²) in [5.41, 5.74) is 1.60. The van der Waals surface area contributed by atoms with Gasteiger partial charge in [-0.2, -0.15) is 0 Å². The van der Waals surface area contributed by atoms with Gasteiger partial charge in [0.15, 0.2) is 5.11 Å². The van der Waals surface area contributed by atoms with E-state index in [0.29, 0.717) is 15.8 Å². The van der Waals surface area contributed by atoms with E-state index < -0.39 is 4.92 Å². The number of nitrogens with one attached hydrogen (secondary N) is 1. The van der Waals surface area contributed by atoms with Crippen LogP contribution in [-0.4, -0.2) is 26.0 Å². The van der Waals surface area contributed by atoms with E-state index in [9.17, 15) is 10.1 Å². The molecule has 8 heteroatoms. The van der Waals surface area contributed by atoms with Gasteiger partial charge in [-0.05, 0) is 37.3 Å². The zero-order valence-electron chi connectivity index (χ0n) is 12.4. The molecule has 3 rings (SSSR count). The molecule has 1 aromatic heterocycles. The first-order valence-electron chi connectivity index (χ1n) is 7.14. The second-order valence-electron chi connectivity index (χ2n) is 5.35. The van der Waals surface area contributed by atoms with Crippen LogP contribution in [0.3, 0.4) is 0 Å². The maximum atomic E-state index is 10.9. The van der Waals surface area contributed by atoms with Gasteiger partial charge in [0.25, 0.3) is 5.69 Å². The summed E-state index contributed by atoms with van der Waals surface area (Å²) < 4.78 is 2.20. The molecule has 0 unspecified atom stereocenters. The van der Waals surface area contributed by atoms with E-state index in [1.807, 2.05) is 6.07 Å². The molecule has 0 bridgehead atoms. The number of hydrogen-bond acceptors (Lipinski definition) is 3. The minimum absolute atomic E-state index is 0.0275. The molecule has 0 amide bonds. The van der Waals surface area contributed by atoms with Crippen molar-refractivity contribution in [2.75, 3.05) is 11.9 Å². The predicted octanol–water partition coefficient (Wildman–Crippen LogP) is 3.82. The third-order valence-corrected chi connectivity index (χ3v) is 4.67. The first-order valence-corrected chi connectivity index (χ1v) is 7.92. The molecule has 0 saturated carbocycles. The number of nitro benzene ring substituents is 1. The standard InChI is InChI=1S/C15H15ClN4O2S/c1-10-14-3-2-6-18(14)7-8-19(10)15(23)17-13-9-11(20(21)22)4-5-12(13)16/h2-6,9-10H,7-8H2,1H3,(H,17,23)/t10-/m0/s1. The number of benzene rings is 1. The Morgan fingerprint density at radius 2 is 2.22 bits per heavy atom. The lowest BCUT2D eigenvalue weighted by atomic mass is 10.1. The number of non-ortho nitro benzene ring substituents is 1. The topological polar surface area (TPSA) is 63.3 Å². The zero-order valence-corrected chi connectivity index (χ0v) is 14.0. The molecule has 1 aromatic carbocycles. The lowest BCUT2D eigenvalue weighted by Crippen LogP contribution is -2.42. The summed E-state index contributed by atoms with van der Waals surface area (Å²) in [6, 6.07) is 8.47. The zero-order chi connectivity index (χ0) is 16.6. The molecule has 120 valence electrons. The third-order valence-electron chi connectivity index (χ3n) is 4.01. The van der Waals surface area contributed by atoms with Gasteiger partial charge in [-0.1, -0.05) is 11.6 Å². The molecular weight excluding hydrogens is 336 g/mol. The number of nitrogens with zero attached hydrogens (tertiary/aromatic N) is 3. The lowest BCUT2D eigenvalue weighted by Gasteiger charge is -2.36. The van der Waals surface area contributed by atoms with E-state index in [4.69, 9.17) is 23.8 Å². The second-order valence-corrected chi connectivity index (χ2v) is 6.14. The average Bonchev–Trinajstić information content (AvgIpc) is 2.99. The normalized spacial score (nSPS) is 16.8. The van der Waals surface area contributed by atoms with Gasteiger partial charge in [-0.25, -0.2) is 0 Å². The maximum Gasteiger partial charge on any atom is 0.271 e. The first-order chi connectivity index (χ1) is 11.0. The summed E-state index contributed by atoms with van der Waals surface area (Å²) in [6.45, 7) is 3.69. The van der Waals surface area contributed by atoms with Crippen molar-refractivity contribution < 1.29 is 4.92 Å². The largest absolute Gasteiger partial charge is 0.348 e. The van der Waals surface area contributed by atoms with Gasteiger partial charge < -0.3 is 14.8 Å². The molecule has 1 aliphatic heterocycles. The maximum absolute atomic E-state index is 10.9. The fraction of sp³-hybridized carbons (Fsp3) is 0.267. The average molecular weight is 351 g/mol. The van der Waals surface area contributed by atoms with Gasteiger partial charge in [0.05, 0.1) is 21.7 Å². The number of hydrogen-bond donors (Lipinski definition) is 1. The van der Waals surface area contributed by atoms with Gasteiger partial charge in [-0.3, -0.25) is 10.1 Å². The smallest absolute Gasteiger partial charge is 0.271 e. The minimum Gasteiger partial charge on any atom is -0.348 e. The Labute approximate surface area is 143 Å². The highest BCUT2D eigenvalue weighted by Crippen LogP contribution is 2.29. The molecule has 0 fully saturated rings. The molecule has 1 atom stereocenters. The molecule has 2 heterocycles. The number of fused-ring (bicyclic) bond motifs is 1. The van der Waals surface area contributed by atoms with Gasteiger partial charge in [0, 0.05) is 37.1 Å². The quantitative estimate of drug-likeness (QED) is 0.506. The third kappa shape index (κ3) is 3.02. The minimum atomic E-state index is -0.457. The molecule has 1 aliphatic rings. The van der Waals surface area contributed by atoms with Crippen LogP contribution in [0.4, 0.5) is 11.4 Å². The predicted molar refractivity (Wildman–Crippen MR) is 93.9 cm³/mol. The van der Waals surface area contributed by atoms with Crippen LogP contribution in [0.25, 0.3) is 0 Å². The van der Waals surface area contributed by atoms with E-state index in [0.717, 1.165) is 13.1 Å². The number of nitro groups is 1. The summed E-state index contributed by atoms with van der Waals surface area (Å²) in [5.74, 6) is 0. The van der Waals surface area contributed by atoms with Crippen molar-refractivity contribution in [3.63, 3.8) is 0 Å². The second kappa shape index (κ2) is 6.17. The van der Waals surface area contributed by atoms with Crippen LogP contribution in [0.15, 0.2) is 36.5 Å². The summed E-state index contributed by atoms with van der Waals surface area (Å²) >= 11 is 11.6. The Morgan fingerprint density at radius 3 is 2.96 bits per heavy atom. The summed E-state index contributed by atoms with van der Waals surface area (Å²) in [7, 11) is 0. The van der Waals surface area contributed by atoms with Crippen LogP contribution in [0.2, 0.25) is 5.02 Å². The van der Waals surface area contributed by atoms with Crippen LogP contribution in [0.1, 0.15) is 18.7 Å². The van der Waals surface area contributed by atoms with Crippen molar-refractivity contribution in [1.29, 1.82) is 0 Å². The first kappa shape index (κ1) is 15.8. The molecule has 23 heavy (non-hydrogen) atoms. The fourth-order valence-electron chi connectivity index (χ4n) is 2.77. The molecule has 0 radical (unpaired) electrons. The highest BCUT2D eigenvalue weighted by molar-refractivity contribution is 7.80. The van der Waals surface area contributed by atoms with Crippen molar-refractivity contribution >= 4 is 40.3 Å². The molecular formula is C15H15ClN4O2S. The Bertz CT molecular complexity index is 777. The van der Waals surface area contributed by atoms with E-state index in [2.05, 4.69) is 34.0 Å². The number of rotatable bonds is 2.